The molecule has 0 aromatic carbocycles. The fourth-order valence-electron chi connectivity index (χ4n) is 2.70. The molecule has 2 N–H and O–H groups in total. The minimum absolute atomic E-state index is 0.547. The number of aryl methyl sites for hydroxylation is 1. The monoisotopic (exact) mass is 248 g/mol. The Morgan fingerprint density at radius 3 is 2.44 bits per heavy atom. The lowest BCUT2D eigenvalue weighted by Gasteiger charge is -2.33. The Morgan fingerprint density at radius 2 is 1.89 bits per heavy atom. The summed E-state index contributed by atoms with van der Waals surface area (Å²) < 4.78 is 0. The molecule has 0 saturated carbocycles. The van der Waals surface area contributed by atoms with Gasteiger partial charge in [-0.1, -0.05) is 13.3 Å². The lowest BCUT2D eigenvalue weighted by atomic mass is 9.94. The molecule has 1 saturated heterocycles. The Bertz CT molecular complexity index is 409. The minimum atomic E-state index is 0.547. The zero-order valence-corrected chi connectivity index (χ0v) is 11.7. The first-order chi connectivity index (χ1) is 8.67. The number of anilines is 1. The van der Waals surface area contributed by atoms with Gasteiger partial charge >= 0.3 is 0 Å². The van der Waals surface area contributed by atoms with Crippen LogP contribution in [0.25, 0.3) is 0 Å². The first-order valence-electron chi connectivity index (χ1n) is 6.95. The van der Waals surface area contributed by atoms with E-state index in [0.717, 1.165) is 36.1 Å². The van der Waals surface area contributed by atoms with Gasteiger partial charge in [-0.05, 0) is 38.2 Å². The fourth-order valence-corrected chi connectivity index (χ4v) is 2.70. The van der Waals surface area contributed by atoms with Crippen molar-refractivity contribution in [2.45, 2.75) is 46.6 Å². The van der Waals surface area contributed by atoms with Crippen LogP contribution < -0.4 is 10.6 Å². The summed E-state index contributed by atoms with van der Waals surface area (Å²) in [7, 11) is 0. The first-order valence-corrected chi connectivity index (χ1v) is 6.95. The zero-order chi connectivity index (χ0) is 13.1. The number of aromatic nitrogens is 2. The maximum absolute atomic E-state index is 5.89. The predicted molar refractivity (Wildman–Crippen MR) is 74.6 cm³/mol. The van der Waals surface area contributed by atoms with Crippen LogP contribution in [0.5, 0.6) is 0 Å². The van der Waals surface area contributed by atoms with E-state index in [-0.39, 0.29) is 0 Å². The van der Waals surface area contributed by atoms with Crippen LogP contribution in [0.15, 0.2) is 0 Å². The van der Waals surface area contributed by atoms with Gasteiger partial charge in [-0.3, -0.25) is 0 Å². The summed E-state index contributed by atoms with van der Waals surface area (Å²) in [5.41, 5.74) is 9.23. The third kappa shape index (κ3) is 2.48. The summed E-state index contributed by atoms with van der Waals surface area (Å²) in [4.78, 5) is 2.35. The Morgan fingerprint density at radius 1 is 1.22 bits per heavy atom. The predicted octanol–water partition coefficient (Wildman–Crippen LogP) is 2.18. The molecule has 1 aromatic rings. The van der Waals surface area contributed by atoms with Crippen molar-refractivity contribution < 1.29 is 0 Å². The number of hydrogen-bond donors (Lipinski definition) is 1. The van der Waals surface area contributed by atoms with Crippen LogP contribution in [0.4, 0.5) is 5.82 Å². The van der Waals surface area contributed by atoms with E-state index in [9.17, 15) is 0 Å². The zero-order valence-electron chi connectivity index (χ0n) is 11.7. The molecule has 0 unspecified atom stereocenters. The second-order valence-electron chi connectivity index (χ2n) is 5.26. The standard InChI is InChI=1S/C14H24N4/c1-4-12-5-7-18(8-6-12)14-13(9-15)10(2)11(3)16-17-14/h12H,4-9,15H2,1-3H3. The average Bonchev–Trinajstić information content (AvgIpc) is 2.42. The highest BCUT2D eigenvalue weighted by atomic mass is 15.3. The van der Waals surface area contributed by atoms with Gasteiger partial charge in [-0.2, -0.15) is 5.10 Å². The third-order valence-corrected chi connectivity index (χ3v) is 4.26. The van der Waals surface area contributed by atoms with Gasteiger partial charge in [0.15, 0.2) is 5.82 Å². The van der Waals surface area contributed by atoms with Crippen molar-refractivity contribution in [1.29, 1.82) is 0 Å². The van der Waals surface area contributed by atoms with Gasteiger partial charge in [0.05, 0.1) is 5.69 Å². The number of hydrogen-bond acceptors (Lipinski definition) is 4. The molecule has 0 amide bonds. The maximum atomic E-state index is 5.89. The van der Waals surface area contributed by atoms with Gasteiger partial charge in [0.2, 0.25) is 0 Å². The van der Waals surface area contributed by atoms with Crippen LogP contribution in [0.1, 0.15) is 43.0 Å². The van der Waals surface area contributed by atoms with Crippen molar-refractivity contribution in [3.63, 3.8) is 0 Å². The quantitative estimate of drug-likeness (QED) is 0.890. The van der Waals surface area contributed by atoms with Crippen molar-refractivity contribution in [3.05, 3.63) is 16.8 Å². The van der Waals surface area contributed by atoms with Crippen LogP contribution in [-0.4, -0.2) is 23.3 Å². The molecule has 2 heterocycles. The largest absolute Gasteiger partial charge is 0.355 e. The molecule has 1 aliphatic rings. The third-order valence-electron chi connectivity index (χ3n) is 4.26. The van der Waals surface area contributed by atoms with Gasteiger partial charge < -0.3 is 10.6 Å². The molecule has 0 bridgehead atoms. The number of rotatable bonds is 3. The molecule has 1 fully saturated rings. The van der Waals surface area contributed by atoms with Crippen molar-refractivity contribution >= 4 is 5.82 Å². The highest BCUT2D eigenvalue weighted by Crippen LogP contribution is 2.27. The van der Waals surface area contributed by atoms with E-state index in [1.54, 1.807) is 0 Å². The molecule has 0 spiro atoms. The molecule has 0 radical (unpaired) electrons. The van der Waals surface area contributed by atoms with Gasteiger partial charge in [-0.15, -0.1) is 5.10 Å². The van der Waals surface area contributed by atoms with E-state index in [1.165, 1.54) is 24.8 Å². The molecular formula is C14H24N4. The van der Waals surface area contributed by atoms with Gasteiger partial charge in [0.25, 0.3) is 0 Å². The van der Waals surface area contributed by atoms with Crippen LogP contribution in [0, 0.1) is 19.8 Å². The second kappa shape index (κ2) is 5.65. The smallest absolute Gasteiger partial charge is 0.156 e. The molecular weight excluding hydrogens is 224 g/mol. The molecule has 0 aliphatic carbocycles. The normalized spacial score (nSPS) is 17.2. The lowest BCUT2D eigenvalue weighted by Crippen LogP contribution is -2.35. The molecule has 4 nitrogen and oxygen atoms in total. The van der Waals surface area contributed by atoms with Crippen LogP contribution >= 0.6 is 0 Å². The second-order valence-corrected chi connectivity index (χ2v) is 5.26. The molecule has 4 heteroatoms. The molecule has 2 rings (SSSR count). The summed E-state index contributed by atoms with van der Waals surface area (Å²) in [5, 5.41) is 8.63. The maximum Gasteiger partial charge on any atom is 0.156 e. The Kier molecular flexibility index (Phi) is 4.17. The summed E-state index contributed by atoms with van der Waals surface area (Å²) in [5.74, 6) is 1.89. The summed E-state index contributed by atoms with van der Waals surface area (Å²) in [6, 6.07) is 0. The molecule has 1 aromatic heterocycles. The molecule has 0 atom stereocenters. The Balaban J connectivity index is 2.21. The van der Waals surface area contributed by atoms with E-state index < -0.39 is 0 Å². The summed E-state index contributed by atoms with van der Waals surface area (Å²) in [6.45, 7) is 9.08. The fraction of sp³-hybridized carbons (Fsp3) is 0.714. The number of nitrogens with zero attached hydrogens (tertiary/aromatic N) is 3. The lowest BCUT2D eigenvalue weighted by molar-refractivity contribution is 0.392. The Labute approximate surface area is 110 Å². The van der Waals surface area contributed by atoms with Crippen LogP contribution in [0.2, 0.25) is 0 Å². The topological polar surface area (TPSA) is 55.0 Å². The van der Waals surface area contributed by atoms with Crippen molar-refractivity contribution in [2.75, 3.05) is 18.0 Å². The van der Waals surface area contributed by atoms with E-state index in [2.05, 4.69) is 28.9 Å². The first kappa shape index (κ1) is 13.3. The SMILES string of the molecule is CCC1CCN(c2nnc(C)c(C)c2CN)CC1. The number of piperidine rings is 1. The molecule has 100 valence electrons. The summed E-state index contributed by atoms with van der Waals surface area (Å²) >= 11 is 0. The van der Waals surface area contributed by atoms with E-state index in [0.29, 0.717) is 6.54 Å². The van der Waals surface area contributed by atoms with Gasteiger partial charge in [-0.25, -0.2) is 0 Å². The van der Waals surface area contributed by atoms with Crippen LogP contribution in [-0.2, 0) is 6.54 Å². The summed E-state index contributed by atoms with van der Waals surface area (Å²) in [6.07, 6.45) is 3.81. The van der Waals surface area contributed by atoms with Crippen molar-refractivity contribution in [3.8, 4) is 0 Å². The molecule has 18 heavy (non-hydrogen) atoms. The van der Waals surface area contributed by atoms with Crippen molar-refractivity contribution in [1.82, 2.24) is 10.2 Å². The van der Waals surface area contributed by atoms with E-state index >= 15 is 0 Å². The Hall–Kier alpha value is -1.16. The van der Waals surface area contributed by atoms with E-state index in [1.807, 2.05) is 6.92 Å². The highest BCUT2D eigenvalue weighted by molar-refractivity contribution is 5.50. The van der Waals surface area contributed by atoms with E-state index in [4.69, 9.17) is 5.73 Å². The van der Waals surface area contributed by atoms with Crippen molar-refractivity contribution in [2.24, 2.45) is 11.7 Å². The van der Waals surface area contributed by atoms with Gasteiger partial charge in [0, 0.05) is 25.2 Å². The average molecular weight is 248 g/mol. The number of nitrogens with two attached hydrogens (primary N) is 1. The van der Waals surface area contributed by atoms with Gasteiger partial charge in [0.1, 0.15) is 0 Å². The van der Waals surface area contributed by atoms with Crippen LogP contribution in [0.3, 0.4) is 0 Å². The highest BCUT2D eigenvalue weighted by Gasteiger charge is 2.22. The minimum Gasteiger partial charge on any atom is -0.355 e. The molecule has 1 aliphatic heterocycles.